The van der Waals surface area contributed by atoms with Crippen molar-refractivity contribution in [2.24, 2.45) is 5.92 Å². The van der Waals surface area contributed by atoms with Crippen LogP contribution in [-0.2, 0) is 22.5 Å². The van der Waals surface area contributed by atoms with E-state index < -0.39 is 0 Å². The first-order chi connectivity index (χ1) is 11.3. The van der Waals surface area contributed by atoms with E-state index in [-0.39, 0.29) is 29.6 Å². The molecule has 7 nitrogen and oxygen atoms in total. The van der Waals surface area contributed by atoms with Crippen molar-refractivity contribution >= 4 is 11.9 Å². The Bertz CT molecular complexity index is 675. The van der Waals surface area contributed by atoms with Crippen LogP contribution in [0.3, 0.4) is 0 Å². The Balaban J connectivity index is 1.88. The van der Waals surface area contributed by atoms with Crippen LogP contribution in [-0.4, -0.2) is 52.6 Å². The van der Waals surface area contributed by atoms with Crippen molar-refractivity contribution in [1.29, 1.82) is 0 Å². The molecule has 1 fully saturated rings. The molecule has 1 amide bonds. The Morgan fingerprint density at radius 2 is 1.96 bits per heavy atom. The number of hydrogen-bond donors (Lipinski definition) is 1. The third kappa shape index (κ3) is 3.31. The van der Waals surface area contributed by atoms with Gasteiger partial charge in [-0.1, -0.05) is 13.8 Å². The molecule has 3 heterocycles. The highest BCUT2D eigenvalue weighted by Gasteiger charge is 2.28. The fraction of sp³-hybridized carbons (Fsp3) is 0.706. The van der Waals surface area contributed by atoms with Crippen LogP contribution in [0.4, 0.5) is 5.95 Å². The second-order valence-electron chi connectivity index (χ2n) is 7.14. The van der Waals surface area contributed by atoms with Crippen LogP contribution < -0.4 is 10.5 Å². The monoisotopic (exact) mass is 334 g/mol. The zero-order valence-corrected chi connectivity index (χ0v) is 14.8. The predicted octanol–water partition coefficient (Wildman–Crippen LogP) is 0.924. The molecule has 0 spiro atoms. The number of nitrogens with zero attached hydrogens (tertiary/aromatic N) is 3. The SMILES string of the molecule is CC1CN(c2nc3c(c(=O)[nH]2)CCN(C(=O)C(C)C)C3)CC(C)O1. The summed E-state index contributed by atoms with van der Waals surface area (Å²) in [5.41, 5.74) is 1.35. The number of nitrogens with one attached hydrogen (secondary N) is 1. The fourth-order valence-corrected chi connectivity index (χ4v) is 3.48. The van der Waals surface area contributed by atoms with Crippen molar-refractivity contribution < 1.29 is 9.53 Å². The summed E-state index contributed by atoms with van der Waals surface area (Å²) in [6, 6.07) is 0. The number of carbonyl (C=O) groups is 1. The molecule has 24 heavy (non-hydrogen) atoms. The summed E-state index contributed by atoms with van der Waals surface area (Å²) in [7, 11) is 0. The van der Waals surface area contributed by atoms with Crippen LogP contribution >= 0.6 is 0 Å². The normalized spacial score (nSPS) is 24.2. The first kappa shape index (κ1) is 17.0. The smallest absolute Gasteiger partial charge is 0.255 e. The van der Waals surface area contributed by atoms with Gasteiger partial charge in [-0.2, -0.15) is 0 Å². The Morgan fingerprint density at radius 3 is 2.58 bits per heavy atom. The summed E-state index contributed by atoms with van der Waals surface area (Å²) in [4.78, 5) is 36.1. The average molecular weight is 334 g/mol. The molecule has 2 atom stereocenters. The third-order valence-electron chi connectivity index (χ3n) is 4.59. The van der Waals surface area contributed by atoms with Crippen molar-refractivity contribution in [1.82, 2.24) is 14.9 Å². The molecule has 0 aliphatic carbocycles. The maximum Gasteiger partial charge on any atom is 0.255 e. The molecule has 0 radical (unpaired) electrons. The molecule has 1 aromatic rings. The highest BCUT2D eigenvalue weighted by atomic mass is 16.5. The number of H-pyrrole nitrogens is 1. The molecule has 2 aliphatic heterocycles. The number of hydrogen-bond acceptors (Lipinski definition) is 5. The summed E-state index contributed by atoms with van der Waals surface area (Å²) < 4.78 is 5.74. The standard InChI is InChI=1S/C17H26N4O3/c1-10(2)16(23)20-6-5-13-14(9-20)18-17(19-15(13)22)21-7-11(3)24-12(4)8-21/h10-12H,5-9H2,1-4H3,(H,18,19,22). The van der Waals surface area contributed by atoms with Gasteiger partial charge in [0.25, 0.3) is 5.56 Å². The van der Waals surface area contributed by atoms with E-state index in [1.165, 1.54) is 0 Å². The van der Waals surface area contributed by atoms with Gasteiger partial charge in [0.1, 0.15) is 0 Å². The minimum Gasteiger partial charge on any atom is -0.372 e. The van der Waals surface area contributed by atoms with E-state index in [2.05, 4.69) is 14.9 Å². The molecule has 1 saturated heterocycles. The molecular formula is C17H26N4O3. The Labute approximate surface area is 142 Å². The lowest BCUT2D eigenvalue weighted by Crippen LogP contribution is -2.47. The minimum absolute atomic E-state index is 0.0473. The highest BCUT2D eigenvalue weighted by Crippen LogP contribution is 2.20. The van der Waals surface area contributed by atoms with Gasteiger partial charge in [-0.3, -0.25) is 14.6 Å². The molecule has 1 aromatic heterocycles. The van der Waals surface area contributed by atoms with Crippen molar-refractivity contribution in [3.05, 3.63) is 21.6 Å². The van der Waals surface area contributed by atoms with E-state index in [1.54, 1.807) is 4.90 Å². The number of ether oxygens (including phenoxy) is 1. The van der Waals surface area contributed by atoms with Crippen LogP contribution in [0.5, 0.6) is 0 Å². The van der Waals surface area contributed by atoms with Crippen molar-refractivity contribution in [3.63, 3.8) is 0 Å². The van der Waals surface area contributed by atoms with Gasteiger partial charge in [0.2, 0.25) is 11.9 Å². The van der Waals surface area contributed by atoms with Gasteiger partial charge >= 0.3 is 0 Å². The minimum atomic E-state index is -0.0848. The molecule has 2 aliphatic rings. The van der Waals surface area contributed by atoms with E-state index in [1.807, 2.05) is 27.7 Å². The number of aromatic nitrogens is 2. The van der Waals surface area contributed by atoms with Crippen LogP contribution in [0, 0.1) is 5.92 Å². The zero-order chi connectivity index (χ0) is 17.4. The second kappa shape index (κ2) is 6.55. The lowest BCUT2D eigenvalue weighted by molar-refractivity contribution is -0.135. The fourth-order valence-electron chi connectivity index (χ4n) is 3.48. The van der Waals surface area contributed by atoms with Crippen LogP contribution in [0.25, 0.3) is 0 Å². The largest absolute Gasteiger partial charge is 0.372 e. The Kier molecular flexibility index (Phi) is 4.62. The first-order valence-corrected chi connectivity index (χ1v) is 8.66. The van der Waals surface area contributed by atoms with Crippen LogP contribution in [0.2, 0.25) is 0 Å². The maximum atomic E-state index is 12.4. The molecule has 7 heteroatoms. The Morgan fingerprint density at radius 1 is 1.29 bits per heavy atom. The number of aromatic amines is 1. The lowest BCUT2D eigenvalue weighted by atomic mass is 10.0. The van der Waals surface area contributed by atoms with E-state index in [0.717, 1.165) is 5.69 Å². The van der Waals surface area contributed by atoms with Gasteiger partial charge in [0.15, 0.2) is 0 Å². The van der Waals surface area contributed by atoms with Crippen molar-refractivity contribution in [2.75, 3.05) is 24.5 Å². The molecule has 1 N–H and O–H groups in total. The zero-order valence-electron chi connectivity index (χ0n) is 14.8. The van der Waals surface area contributed by atoms with E-state index >= 15 is 0 Å². The molecule has 2 unspecified atom stereocenters. The summed E-state index contributed by atoms with van der Waals surface area (Å²) in [6.45, 7) is 10.2. The van der Waals surface area contributed by atoms with Gasteiger partial charge < -0.3 is 14.5 Å². The van der Waals surface area contributed by atoms with Crippen molar-refractivity contribution in [3.8, 4) is 0 Å². The third-order valence-corrected chi connectivity index (χ3v) is 4.59. The number of anilines is 1. The maximum absolute atomic E-state index is 12.4. The lowest BCUT2D eigenvalue weighted by Gasteiger charge is -2.36. The van der Waals surface area contributed by atoms with E-state index in [4.69, 9.17) is 4.74 Å². The van der Waals surface area contributed by atoms with Gasteiger partial charge in [0, 0.05) is 31.1 Å². The Hall–Kier alpha value is -1.89. The van der Waals surface area contributed by atoms with Crippen LogP contribution in [0.15, 0.2) is 4.79 Å². The van der Waals surface area contributed by atoms with E-state index in [9.17, 15) is 9.59 Å². The highest BCUT2D eigenvalue weighted by molar-refractivity contribution is 5.78. The van der Waals surface area contributed by atoms with Crippen LogP contribution in [0.1, 0.15) is 39.0 Å². The van der Waals surface area contributed by atoms with Gasteiger partial charge in [0.05, 0.1) is 24.4 Å². The quantitative estimate of drug-likeness (QED) is 0.870. The predicted molar refractivity (Wildman–Crippen MR) is 91.0 cm³/mol. The van der Waals surface area contributed by atoms with Gasteiger partial charge in [-0.15, -0.1) is 0 Å². The molecule has 0 aromatic carbocycles. The molecular weight excluding hydrogens is 308 g/mol. The van der Waals surface area contributed by atoms with E-state index in [0.29, 0.717) is 44.1 Å². The molecule has 132 valence electrons. The molecule has 3 rings (SSSR count). The summed E-state index contributed by atoms with van der Waals surface area (Å²) >= 11 is 0. The first-order valence-electron chi connectivity index (χ1n) is 8.66. The van der Waals surface area contributed by atoms with Gasteiger partial charge in [-0.25, -0.2) is 4.98 Å². The summed E-state index contributed by atoms with van der Waals surface area (Å²) in [5.74, 6) is 0.645. The average Bonchev–Trinajstić information content (AvgIpc) is 2.52. The topological polar surface area (TPSA) is 78.5 Å². The van der Waals surface area contributed by atoms with Crippen molar-refractivity contribution in [2.45, 2.75) is 52.9 Å². The number of fused-ring (bicyclic) bond motifs is 1. The summed E-state index contributed by atoms with van der Waals surface area (Å²) in [5, 5.41) is 0. The number of amides is 1. The summed E-state index contributed by atoms with van der Waals surface area (Å²) in [6.07, 6.45) is 0.745. The number of morpholine rings is 1. The molecule has 0 bridgehead atoms. The number of rotatable bonds is 2. The number of carbonyl (C=O) groups excluding carboxylic acids is 1. The molecule has 0 saturated carbocycles. The second-order valence-corrected chi connectivity index (χ2v) is 7.14. The van der Waals surface area contributed by atoms with Gasteiger partial charge in [-0.05, 0) is 20.3 Å².